The molecule has 1 unspecified atom stereocenters. The van der Waals surface area contributed by atoms with Crippen molar-refractivity contribution in [2.24, 2.45) is 0 Å². The van der Waals surface area contributed by atoms with Gasteiger partial charge in [0.1, 0.15) is 12.7 Å². The van der Waals surface area contributed by atoms with E-state index in [9.17, 15) is 18.0 Å². The minimum absolute atomic E-state index is 0.232. The van der Waals surface area contributed by atoms with Gasteiger partial charge >= 0.3 is 6.18 Å². The number of amides is 1. The van der Waals surface area contributed by atoms with Crippen LogP contribution in [0.3, 0.4) is 0 Å². The maximum absolute atomic E-state index is 13.1. The molecule has 4 nitrogen and oxygen atoms in total. The molecule has 2 aromatic carbocycles. The van der Waals surface area contributed by atoms with E-state index in [1.807, 2.05) is 6.07 Å². The highest BCUT2D eigenvalue weighted by Crippen LogP contribution is 2.35. The number of nitrogens with zero attached hydrogens (tertiary/aromatic N) is 2. The summed E-state index contributed by atoms with van der Waals surface area (Å²) in [6.45, 7) is -1.33. The highest BCUT2D eigenvalue weighted by Gasteiger charge is 2.40. The van der Waals surface area contributed by atoms with E-state index in [1.165, 1.54) is 6.07 Å². The summed E-state index contributed by atoms with van der Waals surface area (Å²) in [5, 5.41) is 3.86. The van der Waals surface area contributed by atoms with Crippen LogP contribution in [0.1, 0.15) is 22.1 Å². The van der Waals surface area contributed by atoms with Crippen molar-refractivity contribution in [3.05, 3.63) is 71.9 Å². The minimum Gasteiger partial charge on any atom is -0.361 e. The van der Waals surface area contributed by atoms with Gasteiger partial charge < -0.3 is 10.2 Å². The normalized spacial score (nSPS) is 17.1. The van der Waals surface area contributed by atoms with Crippen LogP contribution in [0.2, 0.25) is 0 Å². The van der Waals surface area contributed by atoms with Crippen LogP contribution in [0.5, 0.6) is 0 Å². The zero-order valence-corrected chi connectivity index (χ0v) is 13.5. The van der Waals surface area contributed by atoms with Crippen molar-refractivity contribution in [3.63, 3.8) is 0 Å². The fraction of sp³-hybridized carbons (Fsp3) is 0.158. The quantitative estimate of drug-likeness (QED) is 0.741. The standard InChI is InChI=1S/C19H14F3N3O/c20-19(21,22)11-25-17(24-16-6-2-1-5-14(16)18(25)26)13-7-8-15-12(10-13)4-3-9-23-15/h1-10,17,24H,11H2. The summed E-state index contributed by atoms with van der Waals surface area (Å²) < 4.78 is 39.3. The summed E-state index contributed by atoms with van der Waals surface area (Å²) in [5.74, 6) is -0.645. The first kappa shape index (κ1) is 16.4. The van der Waals surface area contributed by atoms with E-state index in [0.29, 0.717) is 11.3 Å². The number of benzene rings is 2. The lowest BCUT2D eigenvalue weighted by Gasteiger charge is -2.38. The molecule has 7 heteroatoms. The second-order valence-electron chi connectivity index (χ2n) is 6.10. The molecule has 0 aliphatic carbocycles. The van der Waals surface area contributed by atoms with E-state index in [4.69, 9.17) is 0 Å². The van der Waals surface area contributed by atoms with E-state index in [-0.39, 0.29) is 5.56 Å². The van der Waals surface area contributed by atoms with E-state index < -0.39 is 24.8 Å². The molecule has 3 aromatic rings. The van der Waals surface area contributed by atoms with Gasteiger partial charge in [-0.05, 0) is 35.9 Å². The maximum atomic E-state index is 13.1. The summed E-state index contributed by atoms with van der Waals surface area (Å²) >= 11 is 0. The fourth-order valence-corrected chi connectivity index (χ4v) is 3.18. The van der Waals surface area contributed by atoms with Gasteiger partial charge in [0.05, 0.1) is 11.1 Å². The summed E-state index contributed by atoms with van der Waals surface area (Å²) in [6.07, 6.45) is -3.76. The minimum atomic E-state index is -4.50. The number of aromatic nitrogens is 1. The van der Waals surface area contributed by atoms with Crippen LogP contribution in [0.15, 0.2) is 60.8 Å². The zero-order chi connectivity index (χ0) is 18.3. The monoisotopic (exact) mass is 357 g/mol. The first-order valence-electron chi connectivity index (χ1n) is 8.00. The van der Waals surface area contributed by atoms with Crippen molar-refractivity contribution in [1.82, 2.24) is 9.88 Å². The Labute approximate surface area is 147 Å². The van der Waals surface area contributed by atoms with Gasteiger partial charge in [-0.2, -0.15) is 13.2 Å². The number of hydrogen-bond acceptors (Lipinski definition) is 3. The Morgan fingerprint density at radius 2 is 1.88 bits per heavy atom. The molecular formula is C19H14F3N3O. The predicted octanol–water partition coefficient (Wildman–Crippen LogP) is 4.36. The number of rotatable bonds is 2. The number of nitrogens with one attached hydrogen (secondary N) is 1. The van der Waals surface area contributed by atoms with Crippen molar-refractivity contribution in [1.29, 1.82) is 0 Å². The number of para-hydroxylation sites is 1. The smallest absolute Gasteiger partial charge is 0.361 e. The molecule has 4 rings (SSSR count). The molecule has 1 amide bonds. The van der Waals surface area contributed by atoms with E-state index in [2.05, 4.69) is 10.3 Å². The van der Waals surface area contributed by atoms with Gasteiger partial charge in [-0.15, -0.1) is 0 Å². The van der Waals surface area contributed by atoms with Crippen molar-refractivity contribution in [2.45, 2.75) is 12.3 Å². The number of carbonyl (C=O) groups is 1. The van der Waals surface area contributed by atoms with Crippen LogP contribution >= 0.6 is 0 Å². The van der Waals surface area contributed by atoms with Crippen molar-refractivity contribution in [2.75, 3.05) is 11.9 Å². The average Bonchev–Trinajstić information content (AvgIpc) is 2.62. The molecule has 0 spiro atoms. The molecule has 1 atom stereocenters. The summed E-state index contributed by atoms with van der Waals surface area (Å²) in [6, 6.07) is 15.4. The van der Waals surface area contributed by atoms with Gasteiger partial charge in [-0.3, -0.25) is 9.78 Å². The lowest BCUT2D eigenvalue weighted by Crippen LogP contribution is -2.47. The number of fused-ring (bicyclic) bond motifs is 2. The van der Waals surface area contributed by atoms with Gasteiger partial charge in [-0.1, -0.05) is 24.3 Å². The van der Waals surface area contributed by atoms with Crippen LogP contribution < -0.4 is 5.32 Å². The molecular weight excluding hydrogens is 343 g/mol. The van der Waals surface area contributed by atoms with Gasteiger partial charge in [0.25, 0.3) is 5.91 Å². The molecule has 0 bridgehead atoms. The molecule has 0 fully saturated rings. The SMILES string of the molecule is O=C1c2ccccc2NC(c2ccc3ncccc3c2)N1CC(F)(F)F. The average molecular weight is 357 g/mol. The maximum Gasteiger partial charge on any atom is 0.406 e. The largest absolute Gasteiger partial charge is 0.406 e. The number of carbonyl (C=O) groups excluding carboxylic acids is 1. The third-order valence-electron chi connectivity index (χ3n) is 4.31. The van der Waals surface area contributed by atoms with Crippen molar-refractivity contribution >= 4 is 22.5 Å². The molecule has 132 valence electrons. The van der Waals surface area contributed by atoms with Gasteiger partial charge in [-0.25, -0.2) is 0 Å². The number of hydrogen-bond donors (Lipinski definition) is 1. The van der Waals surface area contributed by atoms with Gasteiger partial charge in [0.2, 0.25) is 0 Å². The van der Waals surface area contributed by atoms with Gasteiger partial charge in [0.15, 0.2) is 0 Å². The molecule has 0 saturated carbocycles. The van der Waals surface area contributed by atoms with E-state index >= 15 is 0 Å². The molecule has 1 aliphatic rings. The Balaban J connectivity index is 1.81. The predicted molar refractivity (Wildman–Crippen MR) is 91.6 cm³/mol. The van der Waals surface area contributed by atoms with Crippen LogP contribution in [0.25, 0.3) is 10.9 Å². The number of alkyl halides is 3. The second kappa shape index (κ2) is 6.01. The third kappa shape index (κ3) is 2.96. The Hall–Kier alpha value is -3.09. The topological polar surface area (TPSA) is 45.2 Å². The number of halogens is 3. The van der Waals surface area contributed by atoms with Gasteiger partial charge in [0, 0.05) is 17.3 Å². The first-order chi connectivity index (χ1) is 12.4. The Morgan fingerprint density at radius 1 is 1.08 bits per heavy atom. The fourth-order valence-electron chi connectivity index (χ4n) is 3.18. The van der Waals surface area contributed by atoms with E-state index in [0.717, 1.165) is 15.8 Å². The second-order valence-corrected chi connectivity index (χ2v) is 6.10. The Bertz CT molecular complexity index is 987. The molecule has 1 aromatic heterocycles. The number of anilines is 1. The highest BCUT2D eigenvalue weighted by atomic mass is 19.4. The zero-order valence-electron chi connectivity index (χ0n) is 13.5. The van der Waals surface area contributed by atoms with E-state index in [1.54, 1.807) is 48.7 Å². The molecule has 0 radical (unpaired) electrons. The van der Waals surface area contributed by atoms with Crippen LogP contribution in [0.4, 0.5) is 18.9 Å². The lowest BCUT2D eigenvalue weighted by molar-refractivity contribution is -0.144. The Kier molecular flexibility index (Phi) is 3.79. The molecule has 1 N–H and O–H groups in total. The summed E-state index contributed by atoms with van der Waals surface area (Å²) in [5.41, 5.74) is 2.06. The Morgan fingerprint density at radius 3 is 2.69 bits per heavy atom. The highest BCUT2D eigenvalue weighted by molar-refractivity contribution is 6.01. The van der Waals surface area contributed by atoms with Crippen molar-refractivity contribution < 1.29 is 18.0 Å². The van der Waals surface area contributed by atoms with Crippen molar-refractivity contribution in [3.8, 4) is 0 Å². The first-order valence-corrected chi connectivity index (χ1v) is 8.00. The molecule has 0 saturated heterocycles. The van der Waals surface area contributed by atoms with Crippen LogP contribution in [-0.2, 0) is 0 Å². The summed E-state index contributed by atoms with van der Waals surface area (Å²) in [4.78, 5) is 17.8. The molecule has 1 aliphatic heterocycles. The number of pyridine rings is 1. The van der Waals surface area contributed by atoms with Crippen LogP contribution in [0, 0.1) is 0 Å². The third-order valence-corrected chi connectivity index (χ3v) is 4.31. The summed E-state index contributed by atoms with van der Waals surface area (Å²) in [7, 11) is 0. The molecule has 26 heavy (non-hydrogen) atoms. The lowest BCUT2D eigenvalue weighted by atomic mass is 10.0. The van der Waals surface area contributed by atoms with Crippen LogP contribution in [-0.4, -0.2) is 28.5 Å². The molecule has 2 heterocycles.